The fraction of sp³-hybridized carbons (Fsp3) is 0.526. The molecule has 2 saturated carbocycles. The summed E-state index contributed by atoms with van der Waals surface area (Å²) in [6, 6.07) is 5.65. The highest BCUT2D eigenvalue weighted by Crippen LogP contribution is 2.34. The molecule has 2 fully saturated rings. The Kier molecular flexibility index (Phi) is 5.10. The number of fused-ring (bicyclic) bond motifs is 1. The number of carbonyl (C=O) groups excluding carboxylic acids is 2. The van der Waals surface area contributed by atoms with Crippen LogP contribution >= 0.6 is 11.8 Å². The van der Waals surface area contributed by atoms with Crippen LogP contribution in [0.25, 0.3) is 0 Å². The van der Waals surface area contributed by atoms with Crippen LogP contribution in [-0.2, 0) is 9.59 Å². The Morgan fingerprint density at radius 1 is 1.30 bits per heavy atom. The van der Waals surface area contributed by atoms with Gasteiger partial charge < -0.3 is 15.7 Å². The highest BCUT2D eigenvalue weighted by atomic mass is 32.2. The summed E-state index contributed by atoms with van der Waals surface area (Å²) in [5, 5.41) is 14.9. The fourth-order valence-electron chi connectivity index (χ4n) is 3.65. The lowest BCUT2D eigenvalue weighted by molar-refractivity contribution is -0.139. The van der Waals surface area contributed by atoms with Crippen molar-refractivity contribution in [1.29, 1.82) is 0 Å². The van der Waals surface area contributed by atoms with Gasteiger partial charge in [-0.3, -0.25) is 19.3 Å². The van der Waals surface area contributed by atoms with Crippen molar-refractivity contribution in [2.75, 3.05) is 24.2 Å². The van der Waals surface area contributed by atoms with Gasteiger partial charge in [0.25, 0.3) is 5.91 Å². The standard InChI is InChI=1S/C19H23N3O4S/c23-17-10-27-16-4-3-12(5-15(16)21-17)19(26)20-13-6-14(7-13)22(9-18(24)25)8-11-1-2-11/h3-5,11,13-14H,1-2,6-10H2,(H,20,26)(H,21,23)(H,24,25). The smallest absolute Gasteiger partial charge is 0.317 e. The molecule has 1 aliphatic heterocycles. The molecule has 0 unspecified atom stereocenters. The van der Waals surface area contributed by atoms with Gasteiger partial charge in [0.05, 0.1) is 18.0 Å². The maximum atomic E-state index is 12.5. The first-order valence-corrected chi connectivity index (χ1v) is 10.3. The second-order valence-corrected chi connectivity index (χ2v) is 8.63. The second kappa shape index (κ2) is 7.52. The summed E-state index contributed by atoms with van der Waals surface area (Å²) in [5.74, 6) is 0.0354. The average Bonchev–Trinajstić information content (AvgIpc) is 3.40. The third kappa shape index (κ3) is 4.44. The lowest BCUT2D eigenvalue weighted by Crippen LogP contribution is -2.55. The summed E-state index contributed by atoms with van der Waals surface area (Å²) in [7, 11) is 0. The largest absolute Gasteiger partial charge is 0.480 e. The molecule has 0 aromatic heterocycles. The van der Waals surface area contributed by atoms with E-state index in [0.717, 1.165) is 24.3 Å². The minimum Gasteiger partial charge on any atom is -0.480 e. The second-order valence-electron chi connectivity index (χ2n) is 7.61. The SMILES string of the molecule is O=C(O)CN(CC1CC1)C1CC(NC(=O)c2ccc3c(c2)NC(=O)CS3)C1. The number of hydrogen-bond acceptors (Lipinski definition) is 5. The summed E-state index contributed by atoms with van der Waals surface area (Å²) >= 11 is 1.47. The van der Waals surface area contributed by atoms with Crippen molar-refractivity contribution >= 4 is 35.2 Å². The van der Waals surface area contributed by atoms with Crippen molar-refractivity contribution in [1.82, 2.24) is 10.2 Å². The van der Waals surface area contributed by atoms with Crippen LogP contribution < -0.4 is 10.6 Å². The van der Waals surface area contributed by atoms with E-state index in [9.17, 15) is 14.4 Å². The quantitative estimate of drug-likeness (QED) is 0.658. The summed E-state index contributed by atoms with van der Waals surface area (Å²) in [5.41, 5.74) is 1.22. The zero-order chi connectivity index (χ0) is 19.0. The Bertz CT molecular complexity index is 774. The Hall–Kier alpha value is -2.06. The third-order valence-electron chi connectivity index (χ3n) is 5.37. The van der Waals surface area contributed by atoms with Crippen LogP contribution in [0.1, 0.15) is 36.0 Å². The van der Waals surface area contributed by atoms with E-state index >= 15 is 0 Å². The first-order valence-electron chi connectivity index (χ1n) is 9.31. The number of nitrogens with zero attached hydrogens (tertiary/aromatic N) is 1. The lowest BCUT2D eigenvalue weighted by atomic mass is 9.85. The average molecular weight is 389 g/mol. The van der Waals surface area contributed by atoms with Gasteiger partial charge in [-0.2, -0.15) is 0 Å². The van der Waals surface area contributed by atoms with E-state index in [-0.39, 0.29) is 30.4 Å². The lowest BCUT2D eigenvalue weighted by Gasteiger charge is -2.42. The minimum absolute atomic E-state index is 0.0546. The topological polar surface area (TPSA) is 98.7 Å². The van der Waals surface area contributed by atoms with E-state index in [2.05, 4.69) is 10.6 Å². The van der Waals surface area contributed by atoms with E-state index < -0.39 is 5.97 Å². The maximum Gasteiger partial charge on any atom is 0.317 e. The molecule has 0 saturated heterocycles. The van der Waals surface area contributed by atoms with Crippen molar-refractivity contribution < 1.29 is 19.5 Å². The zero-order valence-electron chi connectivity index (χ0n) is 14.9. The molecular weight excluding hydrogens is 366 g/mol. The number of benzene rings is 1. The number of aliphatic carboxylic acids is 1. The highest BCUT2D eigenvalue weighted by Gasteiger charge is 2.37. The van der Waals surface area contributed by atoms with Gasteiger partial charge >= 0.3 is 5.97 Å². The van der Waals surface area contributed by atoms with Crippen LogP contribution in [0.5, 0.6) is 0 Å². The van der Waals surface area contributed by atoms with E-state index in [4.69, 9.17) is 5.11 Å². The fourth-order valence-corrected chi connectivity index (χ4v) is 4.43. The maximum absolute atomic E-state index is 12.5. The third-order valence-corrected chi connectivity index (χ3v) is 6.44. The summed E-state index contributed by atoms with van der Waals surface area (Å²) in [4.78, 5) is 38.2. The predicted octanol–water partition coefficient (Wildman–Crippen LogP) is 1.79. The van der Waals surface area contributed by atoms with Crippen molar-refractivity contribution in [3.63, 3.8) is 0 Å². The molecule has 1 aromatic carbocycles. The summed E-state index contributed by atoms with van der Waals surface area (Å²) in [6.45, 7) is 0.920. The van der Waals surface area contributed by atoms with Crippen LogP contribution in [0.3, 0.4) is 0 Å². The molecule has 7 nitrogen and oxygen atoms in total. The molecule has 0 radical (unpaired) electrons. The zero-order valence-corrected chi connectivity index (χ0v) is 15.8. The van der Waals surface area contributed by atoms with Crippen LogP contribution in [0.2, 0.25) is 0 Å². The number of anilines is 1. The Balaban J connectivity index is 1.31. The molecule has 27 heavy (non-hydrogen) atoms. The van der Waals surface area contributed by atoms with E-state index in [0.29, 0.717) is 22.9 Å². The van der Waals surface area contributed by atoms with Crippen molar-refractivity contribution in [2.45, 2.75) is 42.7 Å². The number of amides is 2. The molecule has 0 bridgehead atoms. The van der Waals surface area contributed by atoms with Crippen molar-refractivity contribution in [3.8, 4) is 0 Å². The number of thioether (sulfide) groups is 1. The molecular formula is C19H23N3O4S. The Morgan fingerprint density at radius 2 is 2.07 bits per heavy atom. The van der Waals surface area contributed by atoms with Gasteiger partial charge in [0.2, 0.25) is 5.91 Å². The number of hydrogen-bond donors (Lipinski definition) is 3. The number of carboxylic acids is 1. The number of nitrogens with one attached hydrogen (secondary N) is 2. The summed E-state index contributed by atoms with van der Waals surface area (Å²) < 4.78 is 0. The molecule has 2 amide bonds. The van der Waals surface area contributed by atoms with Gasteiger partial charge in [0.1, 0.15) is 0 Å². The van der Waals surface area contributed by atoms with E-state index in [1.165, 1.54) is 24.6 Å². The summed E-state index contributed by atoms with van der Waals surface area (Å²) in [6.07, 6.45) is 3.94. The first-order chi connectivity index (χ1) is 13.0. The molecule has 8 heteroatoms. The molecule has 1 aromatic rings. The van der Waals surface area contributed by atoms with E-state index in [1.54, 1.807) is 12.1 Å². The van der Waals surface area contributed by atoms with Gasteiger partial charge in [-0.05, 0) is 49.8 Å². The number of rotatable bonds is 7. The molecule has 2 aliphatic carbocycles. The van der Waals surface area contributed by atoms with Crippen molar-refractivity contribution in [2.24, 2.45) is 5.92 Å². The number of carboxylic acid groups (broad SMARTS) is 1. The van der Waals surface area contributed by atoms with Gasteiger partial charge in [-0.1, -0.05) is 0 Å². The molecule has 3 N–H and O–H groups in total. The van der Waals surface area contributed by atoms with Gasteiger partial charge in [0, 0.05) is 29.1 Å². The minimum atomic E-state index is -0.794. The van der Waals surface area contributed by atoms with Gasteiger partial charge in [0.15, 0.2) is 0 Å². The Morgan fingerprint density at radius 3 is 2.78 bits per heavy atom. The molecule has 4 rings (SSSR count). The Labute approximate surface area is 161 Å². The van der Waals surface area contributed by atoms with E-state index in [1.807, 2.05) is 11.0 Å². The molecule has 0 spiro atoms. The van der Waals surface area contributed by atoms with Gasteiger partial charge in [-0.15, -0.1) is 11.8 Å². The molecule has 144 valence electrons. The predicted molar refractivity (Wildman–Crippen MR) is 102 cm³/mol. The first kappa shape index (κ1) is 18.3. The van der Waals surface area contributed by atoms with Crippen LogP contribution in [0.4, 0.5) is 5.69 Å². The van der Waals surface area contributed by atoms with Gasteiger partial charge in [-0.25, -0.2) is 0 Å². The normalized spacial score (nSPS) is 24.0. The molecule has 0 atom stereocenters. The molecule has 3 aliphatic rings. The van der Waals surface area contributed by atoms with Crippen LogP contribution in [-0.4, -0.2) is 58.7 Å². The van der Waals surface area contributed by atoms with Crippen LogP contribution in [0, 0.1) is 5.92 Å². The number of carbonyl (C=O) groups is 3. The highest BCUT2D eigenvalue weighted by molar-refractivity contribution is 8.00. The molecule has 1 heterocycles. The van der Waals surface area contributed by atoms with Crippen LogP contribution in [0.15, 0.2) is 23.1 Å². The monoisotopic (exact) mass is 389 g/mol. The van der Waals surface area contributed by atoms with Crippen molar-refractivity contribution in [3.05, 3.63) is 23.8 Å².